The number of benzene rings is 2. The maximum absolute atomic E-state index is 13.9. The van der Waals surface area contributed by atoms with Gasteiger partial charge < -0.3 is 19.5 Å². The first-order valence-electron chi connectivity index (χ1n) is 10.1. The summed E-state index contributed by atoms with van der Waals surface area (Å²) < 4.78 is 122. The number of ether oxygens (including phenoxy) is 3. The van der Waals surface area contributed by atoms with Crippen LogP contribution in [0.3, 0.4) is 0 Å². The van der Waals surface area contributed by atoms with Crippen LogP contribution in [0.5, 0.6) is 11.5 Å². The fourth-order valence-corrected chi connectivity index (χ4v) is 2.58. The Bertz CT molecular complexity index is 1180. The number of hydrogen-bond acceptors (Lipinski definition) is 6. The molecule has 0 heterocycles. The summed E-state index contributed by atoms with van der Waals surface area (Å²) in [6.45, 7) is 4.25. The van der Waals surface area contributed by atoms with Gasteiger partial charge in [0.1, 0.15) is 11.6 Å². The van der Waals surface area contributed by atoms with Gasteiger partial charge in [0.15, 0.2) is 23.3 Å². The van der Waals surface area contributed by atoms with Crippen LogP contribution in [0.2, 0.25) is 0 Å². The number of rotatable bonds is 7. The van der Waals surface area contributed by atoms with E-state index in [-0.39, 0.29) is 12.1 Å². The lowest BCUT2D eigenvalue weighted by Crippen LogP contribution is -2.45. The lowest BCUT2D eigenvalue weighted by molar-refractivity contribution is -0.138. The SMILES string of the molecule is CC(C)(C)OC(=O)N[C@@H](CCC(=O)Oc1c(F)c(F)cc(F)c1F)C(=O)Oc1c(F)c(F)cc(F)c1F. The highest BCUT2D eigenvalue weighted by Crippen LogP contribution is 2.28. The Hall–Kier alpha value is -3.91. The Balaban J connectivity index is 2.25. The molecule has 0 aliphatic carbocycles. The van der Waals surface area contributed by atoms with Gasteiger partial charge in [0, 0.05) is 18.6 Å². The predicted molar refractivity (Wildman–Crippen MR) is 106 cm³/mol. The lowest BCUT2D eigenvalue weighted by atomic mass is 10.1. The largest absolute Gasteiger partial charge is 0.444 e. The molecule has 0 aliphatic rings. The molecule has 2 aromatic carbocycles. The van der Waals surface area contributed by atoms with Crippen LogP contribution >= 0.6 is 0 Å². The van der Waals surface area contributed by atoms with Gasteiger partial charge in [-0.25, -0.2) is 27.2 Å². The van der Waals surface area contributed by atoms with Gasteiger partial charge in [0.2, 0.25) is 34.8 Å². The molecule has 0 bridgehead atoms. The number of nitrogens with one attached hydrogen (secondary N) is 1. The van der Waals surface area contributed by atoms with Crippen molar-refractivity contribution in [2.24, 2.45) is 0 Å². The fraction of sp³-hybridized carbons (Fsp3) is 0.318. The highest BCUT2D eigenvalue weighted by Gasteiger charge is 2.31. The topological polar surface area (TPSA) is 90.9 Å². The van der Waals surface area contributed by atoms with E-state index in [0.29, 0.717) is 0 Å². The molecule has 1 atom stereocenters. The van der Waals surface area contributed by atoms with Crippen molar-refractivity contribution in [1.82, 2.24) is 5.32 Å². The van der Waals surface area contributed by atoms with E-state index >= 15 is 0 Å². The molecule has 202 valence electrons. The molecule has 0 aromatic heterocycles. The normalized spacial score (nSPS) is 12.1. The van der Waals surface area contributed by atoms with E-state index in [2.05, 4.69) is 9.47 Å². The van der Waals surface area contributed by atoms with Crippen LogP contribution in [0, 0.1) is 46.5 Å². The van der Waals surface area contributed by atoms with Crippen molar-refractivity contribution in [3.8, 4) is 11.5 Å². The Kier molecular flexibility index (Phi) is 9.06. The Labute approximate surface area is 203 Å². The number of hydrogen-bond donors (Lipinski definition) is 1. The van der Waals surface area contributed by atoms with Gasteiger partial charge in [-0.1, -0.05) is 0 Å². The van der Waals surface area contributed by atoms with Gasteiger partial charge in [-0.3, -0.25) is 4.79 Å². The van der Waals surface area contributed by atoms with E-state index in [4.69, 9.17) is 4.74 Å². The summed E-state index contributed by atoms with van der Waals surface area (Å²) >= 11 is 0. The zero-order chi connectivity index (χ0) is 28.2. The van der Waals surface area contributed by atoms with Crippen LogP contribution in [-0.2, 0) is 14.3 Å². The average Bonchev–Trinajstić information content (AvgIpc) is 2.78. The second kappa shape index (κ2) is 11.4. The number of carbonyl (C=O) groups excluding carboxylic acids is 3. The molecule has 0 fully saturated rings. The summed E-state index contributed by atoms with van der Waals surface area (Å²) in [5.41, 5.74) is -1.13. The van der Waals surface area contributed by atoms with Crippen LogP contribution in [0.25, 0.3) is 0 Å². The molecular formula is C22H17F8NO6. The van der Waals surface area contributed by atoms with Gasteiger partial charge in [0.25, 0.3) is 0 Å². The van der Waals surface area contributed by atoms with Crippen molar-refractivity contribution >= 4 is 18.0 Å². The predicted octanol–water partition coefficient (Wildman–Crippen LogP) is 4.98. The molecule has 0 saturated carbocycles. The maximum atomic E-state index is 13.9. The van der Waals surface area contributed by atoms with E-state index < -0.39 is 101 Å². The molecule has 0 aliphatic heterocycles. The molecule has 0 radical (unpaired) electrons. The number of esters is 2. The summed E-state index contributed by atoms with van der Waals surface area (Å²) in [4.78, 5) is 36.5. The number of amides is 1. The summed E-state index contributed by atoms with van der Waals surface area (Å²) in [6, 6.07) is -2.33. The average molecular weight is 543 g/mol. The van der Waals surface area contributed by atoms with Crippen molar-refractivity contribution in [2.45, 2.75) is 45.3 Å². The van der Waals surface area contributed by atoms with Crippen molar-refractivity contribution < 1.29 is 63.7 Å². The van der Waals surface area contributed by atoms with Crippen molar-refractivity contribution in [1.29, 1.82) is 0 Å². The van der Waals surface area contributed by atoms with Crippen molar-refractivity contribution in [3.05, 3.63) is 58.7 Å². The number of alkyl carbamates (subject to hydrolysis) is 1. The Morgan fingerprint density at radius 1 is 0.757 bits per heavy atom. The first-order chi connectivity index (χ1) is 17.0. The third kappa shape index (κ3) is 7.54. The minimum Gasteiger partial charge on any atom is -0.444 e. The first kappa shape index (κ1) is 29.3. The van der Waals surface area contributed by atoms with Crippen LogP contribution < -0.4 is 14.8 Å². The minimum absolute atomic E-state index is 0.147. The van der Waals surface area contributed by atoms with Gasteiger partial charge in [0.05, 0.1) is 0 Å². The molecule has 1 N–H and O–H groups in total. The van der Waals surface area contributed by atoms with Gasteiger partial charge >= 0.3 is 18.0 Å². The van der Waals surface area contributed by atoms with E-state index in [0.717, 1.165) is 0 Å². The van der Waals surface area contributed by atoms with E-state index in [1.165, 1.54) is 20.8 Å². The van der Waals surface area contributed by atoms with E-state index in [9.17, 15) is 49.5 Å². The third-order valence-electron chi connectivity index (χ3n) is 4.17. The standard InChI is InChI=1S/C22H17F8NO6/c1-22(2,3)37-21(34)31-12(20(33)36-19-16(29)10(25)7-11(26)17(19)30)4-5-13(32)35-18-14(27)8(23)6-9(24)15(18)28/h6-7,12H,4-5H2,1-3H3,(H,31,34)/t12-/m0/s1. The fourth-order valence-electron chi connectivity index (χ4n) is 2.58. The minimum atomic E-state index is -2.10. The molecule has 15 heteroatoms. The molecule has 2 aromatic rings. The molecule has 2 rings (SSSR count). The van der Waals surface area contributed by atoms with Crippen molar-refractivity contribution in [2.75, 3.05) is 0 Å². The smallest absolute Gasteiger partial charge is 0.408 e. The van der Waals surface area contributed by atoms with Crippen LogP contribution in [-0.4, -0.2) is 29.7 Å². The molecule has 0 saturated heterocycles. The van der Waals surface area contributed by atoms with Gasteiger partial charge in [-0.05, 0) is 27.2 Å². The van der Waals surface area contributed by atoms with Gasteiger partial charge in [-0.15, -0.1) is 0 Å². The lowest BCUT2D eigenvalue weighted by Gasteiger charge is -2.23. The summed E-state index contributed by atoms with van der Waals surface area (Å²) in [6.07, 6.45) is -3.22. The number of carbonyl (C=O) groups is 3. The number of halogens is 8. The van der Waals surface area contributed by atoms with Crippen LogP contribution in [0.4, 0.5) is 39.9 Å². The Morgan fingerprint density at radius 3 is 1.57 bits per heavy atom. The molecule has 0 spiro atoms. The maximum Gasteiger partial charge on any atom is 0.408 e. The molecule has 7 nitrogen and oxygen atoms in total. The Morgan fingerprint density at radius 2 is 1.16 bits per heavy atom. The van der Waals surface area contributed by atoms with Gasteiger partial charge in [-0.2, -0.15) is 17.6 Å². The highest BCUT2D eigenvalue weighted by molar-refractivity contribution is 5.84. The molecule has 1 amide bonds. The monoisotopic (exact) mass is 543 g/mol. The molecule has 37 heavy (non-hydrogen) atoms. The first-order valence-corrected chi connectivity index (χ1v) is 10.1. The summed E-state index contributed by atoms with van der Waals surface area (Å²) in [7, 11) is 0. The van der Waals surface area contributed by atoms with Crippen LogP contribution in [0.1, 0.15) is 33.6 Å². The summed E-state index contributed by atoms with van der Waals surface area (Å²) in [5, 5.41) is 1.88. The zero-order valence-corrected chi connectivity index (χ0v) is 19.1. The second-order valence-electron chi connectivity index (χ2n) is 8.23. The van der Waals surface area contributed by atoms with Crippen molar-refractivity contribution in [3.63, 3.8) is 0 Å². The molecular weight excluding hydrogens is 526 g/mol. The van der Waals surface area contributed by atoms with E-state index in [1.54, 1.807) is 0 Å². The zero-order valence-electron chi connectivity index (χ0n) is 19.1. The highest BCUT2D eigenvalue weighted by atomic mass is 19.2. The second-order valence-corrected chi connectivity index (χ2v) is 8.23. The van der Waals surface area contributed by atoms with E-state index in [1.807, 2.05) is 5.32 Å². The quantitative estimate of drug-likeness (QED) is 0.229. The third-order valence-corrected chi connectivity index (χ3v) is 4.17. The molecule has 0 unspecified atom stereocenters. The summed E-state index contributed by atoms with van der Waals surface area (Å²) in [5.74, 6) is -22.8. The van der Waals surface area contributed by atoms with Crippen LogP contribution in [0.15, 0.2) is 12.1 Å².